The van der Waals surface area contributed by atoms with Crippen molar-refractivity contribution in [2.45, 2.75) is 6.42 Å². The quantitative estimate of drug-likeness (QED) is 0.835. The summed E-state index contributed by atoms with van der Waals surface area (Å²) in [5.41, 5.74) is 2.72. The van der Waals surface area contributed by atoms with Gasteiger partial charge in [-0.25, -0.2) is 0 Å². The van der Waals surface area contributed by atoms with E-state index in [0.29, 0.717) is 12.3 Å². The Morgan fingerprint density at radius 3 is 2.75 bits per heavy atom. The second-order valence-corrected chi connectivity index (χ2v) is 4.60. The molecule has 0 aliphatic carbocycles. The van der Waals surface area contributed by atoms with Crippen molar-refractivity contribution in [1.82, 2.24) is 0 Å². The Morgan fingerprint density at radius 2 is 1.85 bits per heavy atom. The van der Waals surface area contributed by atoms with Gasteiger partial charge >= 0.3 is 0 Å². The van der Waals surface area contributed by atoms with Crippen molar-refractivity contribution < 1.29 is 9.84 Å². The van der Waals surface area contributed by atoms with Crippen molar-refractivity contribution in [3.8, 4) is 11.5 Å². The van der Waals surface area contributed by atoms with Crippen LogP contribution < -0.4 is 4.74 Å². The lowest BCUT2D eigenvalue weighted by molar-refractivity contribution is 0.325. The minimum atomic E-state index is 0.189. The maximum absolute atomic E-state index is 9.70. The SMILES string of the molecule is Oc1ccccc1N=CC1=Cc2ccccc2OCC1. The summed E-state index contributed by atoms with van der Waals surface area (Å²) in [5, 5.41) is 9.70. The van der Waals surface area contributed by atoms with Crippen molar-refractivity contribution in [3.63, 3.8) is 0 Å². The van der Waals surface area contributed by atoms with E-state index in [0.717, 1.165) is 23.3 Å². The van der Waals surface area contributed by atoms with Gasteiger partial charge in [0.1, 0.15) is 17.2 Å². The number of hydrogen-bond donors (Lipinski definition) is 1. The molecule has 0 bridgehead atoms. The fourth-order valence-corrected chi connectivity index (χ4v) is 2.11. The minimum Gasteiger partial charge on any atom is -0.506 e. The summed E-state index contributed by atoms with van der Waals surface area (Å²) >= 11 is 0. The van der Waals surface area contributed by atoms with Gasteiger partial charge in [0.15, 0.2) is 0 Å². The first kappa shape index (κ1) is 12.5. The second-order valence-electron chi connectivity index (χ2n) is 4.60. The van der Waals surface area contributed by atoms with Gasteiger partial charge in [-0.05, 0) is 29.8 Å². The maximum atomic E-state index is 9.70. The fourth-order valence-electron chi connectivity index (χ4n) is 2.11. The third-order valence-corrected chi connectivity index (χ3v) is 3.16. The molecule has 3 rings (SSSR count). The normalized spacial score (nSPS) is 14.3. The third kappa shape index (κ3) is 2.72. The molecule has 100 valence electrons. The molecule has 1 N–H and O–H groups in total. The van der Waals surface area contributed by atoms with E-state index >= 15 is 0 Å². The predicted octanol–water partition coefficient (Wildman–Crippen LogP) is 3.96. The molecule has 1 heterocycles. The Balaban J connectivity index is 1.88. The zero-order chi connectivity index (χ0) is 13.8. The molecule has 0 saturated carbocycles. The predicted molar refractivity (Wildman–Crippen MR) is 80.8 cm³/mol. The van der Waals surface area contributed by atoms with Crippen LogP contribution in [0.15, 0.2) is 59.1 Å². The Kier molecular flexibility index (Phi) is 3.50. The Morgan fingerprint density at radius 1 is 1.05 bits per heavy atom. The smallest absolute Gasteiger partial charge is 0.141 e. The zero-order valence-corrected chi connectivity index (χ0v) is 11.0. The van der Waals surface area contributed by atoms with Gasteiger partial charge in [-0.15, -0.1) is 0 Å². The summed E-state index contributed by atoms with van der Waals surface area (Å²) < 4.78 is 5.69. The lowest BCUT2D eigenvalue weighted by Gasteiger charge is -2.03. The highest BCUT2D eigenvalue weighted by molar-refractivity contribution is 5.88. The van der Waals surface area contributed by atoms with Crippen LogP contribution in [0.3, 0.4) is 0 Å². The third-order valence-electron chi connectivity index (χ3n) is 3.16. The van der Waals surface area contributed by atoms with Gasteiger partial charge in [0.2, 0.25) is 0 Å². The Hall–Kier alpha value is -2.55. The van der Waals surface area contributed by atoms with Crippen molar-refractivity contribution >= 4 is 18.0 Å². The molecule has 0 spiro atoms. The summed E-state index contributed by atoms with van der Waals surface area (Å²) in [6.07, 6.45) is 4.66. The first-order valence-corrected chi connectivity index (χ1v) is 6.57. The fraction of sp³-hybridized carbons (Fsp3) is 0.118. The molecule has 0 unspecified atom stereocenters. The highest BCUT2D eigenvalue weighted by atomic mass is 16.5. The number of hydrogen-bond acceptors (Lipinski definition) is 3. The van der Waals surface area contributed by atoms with E-state index in [1.165, 1.54) is 0 Å². The molecule has 0 saturated heterocycles. The van der Waals surface area contributed by atoms with Gasteiger partial charge < -0.3 is 9.84 Å². The van der Waals surface area contributed by atoms with Crippen molar-refractivity contribution in [1.29, 1.82) is 0 Å². The molecule has 20 heavy (non-hydrogen) atoms. The van der Waals surface area contributed by atoms with E-state index in [1.807, 2.05) is 30.3 Å². The summed E-state index contributed by atoms with van der Waals surface area (Å²) in [5.74, 6) is 1.09. The van der Waals surface area contributed by atoms with Gasteiger partial charge in [-0.2, -0.15) is 0 Å². The summed E-state index contributed by atoms with van der Waals surface area (Å²) in [6.45, 7) is 0.635. The largest absolute Gasteiger partial charge is 0.506 e. The van der Waals surface area contributed by atoms with Crippen LogP contribution in [0.5, 0.6) is 11.5 Å². The Bertz CT molecular complexity index is 674. The van der Waals surface area contributed by atoms with Crippen LogP contribution in [0.4, 0.5) is 5.69 Å². The molecule has 0 amide bonds. The zero-order valence-electron chi connectivity index (χ0n) is 11.0. The van der Waals surface area contributed by atoms with E-state index < -0.39 is 0 Å². The molecule has 0 atom stereocenters. The van der Waals surface area contributed by atoms with Gasteiger partial charge in [0.05, 0.1) is 6.61 Å². The minimum absolute atomic E-state index is 0.189. The van der Waals surface area contributed by atoms with Crippen LogP contribution in [0.25, 0.3) is 6.08 Å². The van der Waals surface area contributed by atoms with Crippen LogP contribution >= 0.6 is 0 Å². The molecule has 2 aromatic rings. The van der Waals surface area contributed by atoms with Crippen LogP contribution in [0.1, 0.15) is 12.0 Å². The monoisotopic (exact) mass is 265 g/mol. The number of para-hydroxylation sites is 3. The summed E-state index contributed by atoms with van der Waals surface area (Å²) in [6, 6.07) is 15.0. The maximum Gasteiger partial charge on any atom is 0.141 e. The number of nitrogens with zero attached hydrogens (tertiary/aromatic N) is 1. The molecule has 3 heteroatoms. The topological polar surface area (TPSA) is 41.8 Å². The standard InChI is InChI=1S/C17H15NO2/c19-16-7-3-2-6-15(16)18-12-13-9-10-20-17-8-4-1-5-14(17)11-13/h1-8,11-12,19H,9-10H2. The van der Waals surface area contributed by atoms with E-state index in [2.05, 4.69) is 11.1 Å². The average Bonchev–Trinajstić information content (AvgIpc) is 2.68. The van der Waals surface area contributed by atoms with Gasteiger partial charge in [-0.3, -0.25) is 4.99 Å². The lowest BCUT2D eigenvalue weighted by atomic mass is 10.1. The van der Waals surface area contributed by atoms with Crippen LogP contribution in [-0.2, 0) is 0 Å². The van der Waals surface area contributed by atoms with Crippen molar-refractivity contribution in [2.24, 2.45) is 4.99 Å². The number of phenols is 1. The molecule has 1 aliphatic heterocycles. The van der Waals surface area contributed by atoms with E-state index in [1.54, 1.807) is 24.4 Å². The van der Waals surface area contributed by atoms with Gasteiger partial charge in [0.25, 0.3) is 0 Å². The molecule has 2 aromatic carbocycles. The molecule has 1 aliphatic rings. The Labute approximate surface area is 117 Å². The molecule has 0 fully saturated rings. The van der Waals surface area contributed by atoms with E-state index in [9.17, 15) is 5.11 Å². The van der Waals surface area contributed by atoms with Crippen LogP contribution in [0.2, 0.25) is 0 Å². The van der Waals surface area contributed by atoms with Crippen LogP contribution in [-0.4, -0.2) is 17.9 Å². The average molecular weight is 265 g/mol. The first-order valence-electron chi connectivity index (χ1n) is 6.57. The van der Waals surface area contributed by atoms with E-state index in [4.69, 9.17) is 4.74 Å². The first-order chi connectivity index (χ1) is 9.83. The lowest BCUT2D eigenvalue weighted by Crippen LogP contribution is -1.97. The van der Waals surface area contributed by atoms with Gasteiger partial charge in [0, 0.05) is 18.2 Å². The van der Waals surface area contributed by atoms with E-state index in [-0.39, 0.29) is 5.75 Å². The highest BCUT2D eigenvalue weighted by Crippen LogP contribution is 2.27. The number of rotatable bonds is 2. The molecule has 3 nitrogen and oxygen atoms in total. The van der Waals surface area contributed by atoms with Crippen molar-refractivity contribution in [3.05, 3.63) is 59.7 Å². The number of aliphatic imine (C=N–C) groups is 1. The molecular weight excluding hydrogens is 250 g/mol. The number of phenolic OH excluding ortho intramolecular Hbond substituents is 1. The molecular formula is C17H15NO2. The number of aromatic hydroxyl groups is 1. The molecule has 0 aromatic heterocycles. The second kappa shape index (κ2) is 5.61. The number of ether oxygens (including phenoxy) is 1. The number of fused-ring (bicyclic) bond motifs is 1. The highest BCUT2D eigenvalue weighted by Gasteiger charge is 2.07. The van der Waals surface area contributed by atoms with Gasteiger partial charge in [-0.1, -0.05) is 30.3 Å². The molecule has 0 radical (unpaired) electrons. The van der Waals surface area contributed by atoms with Crippen molar-refractivity contribution in [2.75, 3.05) is 6.61 Å². The summed E-state index contributed by atoms with van der Waals surface area (Å²) in [4.78, 5) is 4.35. The van der Waals surface area contributed by atoms with Crippen LogP contribution in [0, 0.1) is 0 Å². The number of benzene rings is 2. The summed E-state index contributed by atoms with van der Waals surface area (Å²) in [7, 11) is 0.